The molecule has 0 saturated heterocycles. The molecule has 0 saturated carbocycles. The Balaban J connectivity index is 4.17. The third-order valence-electron chi connectivity index (χ3n) is 2.59. The molecule has 76 valence electrons. The van der Waals surface area contributed by atoms with E-state index < -0.39 is 14.0 Å². The van der Waals surface area contributed by atoms with Crippen molar-refractivity contribution < 1.29 is 9.90 Å². The highest BCUT2D eigenvalue weighted by Gasteiger charge is 2.21. The first-order valence-electron chi connectivity index (χ1n) is 4.65. The fourth-order valence-corrected chi connectivity index (χ4v) is 1.62. The monoisotopic (exact) mass is 200 g/mol. The Morgan fingerprint density at radius 1 is 1.46 bits per heavy atom. The Bertz CT molecular complexity index is 213. The summed E-state index contributed by atoms with van der Waals surface area (Å²) in [4.78, 5) is 10.5. The van der Waals surface area contributed by atoms with Crippen LogP contribution in [0.25, 0.3) is 0 Å². The number of carboxylic acid groups (broad SMARTS) is 1. The van der Waals surface area contributed by atoms with Crippen molar-refractivity contribution in [1.29, 1.82) is 0 Å². The highest BCUT2D eigenvalue weighted by molar-refractivity contribution is 6.77. The van der Waals surface area contributed by atoms with Crippen LogP contribution in [0.4, 0.5) is 0 Å². The Hall–Kier alpha value is -0.573. The molecule has 0 aromatic carbocycles. The molecule has 0 aliphatic rings. The van der Waals surface area contributed by atoms with Crippen LogP contribution in [0.2, 0.25) is 25.2 Å². The molecular weight excluding hydrogens is 180 g/mol. The van der Waals surface area contributed by atoms with Crippen molar-refractivity contribution in [1.82, 2.24) is 0 Å². The molecule has 13 heavy (non-hydrogen) atoms. The molecule has 0 aromatic rings. The highest BCUT2D eigenvalue weighted by atomic mass is 28.3. The number of aliphatic carboxylic acids is 1. The van der Waals surface area contributed by atoms with Gasteiger partial charge in [-0.3, -0.25) is 0 Å². The third kappa shape index (κ3) is 4.88. The van der Waals surface area contributed by atoms with E-state index in [9.17, 15) is 4.79 Å². The zero-order valence-electron chi connectivity index (χ0n) is 9.22. The van der Waals surface area contributed by atoms with E-state index in [0.717, 1.165) is 6.42 Å². The predicted molar refractivity (Wildman–Crippen MR) is 58.8 cm³/mol. The van der Waals surface area contributed by atoms with Gasteiger partial charge in [-0.25, -0.2) is 4.79 Å². The van der Waals surface area contributed by atoms with E-state index in [2.05, 4.69) is 26.6 Å². The molecule has 3 heteroatoms. The number of carboxylic acids is 1. The van der Waals surface area contributed by atoms with Crippen molar-refractivity contribution in [2.45, 2.75) is 45.5 Å². The summed E-state index contributed by atoms with van der Waals surface area (Å²) in [5, 5.41) is 8.64. The standard InChI is InChI=1S/C10H20O2Si/c1-8(10(11)12)6-7-9(2)13(3,4)5/h6,9H,7H2,1-5H3,(H,11,12). The van der Waals surface area contributed by atoms with E-state index in [1.807, 2.05) is 6.08 Å². The number of rotatable bonds is 4. The number of allylic oxidation sites excluding steroid dienone is 1. The number of hydrogen-bond donors (Lipinski definition) is 1. The SMILES string of the molecule is CC(=CCC(C)[Si](C)(C)C)C(=O)O. The quantitative estimate of drug-likeness (QED) is 0.559. The zero-order valence-corrected chi connectivity index (χ0v) is 10.2. The van der Waals surface area contributed by atoms with Gasteiger partial charge < -0.3 is 5.11 Å². The summed E-state index contributed by atoms with van der Waals surface area (Å²) in [5.74, 6) is -0.803. The maximum atomic E-state index is 10.5. The number of hydrogen-bond acceptors (Lipinski definition) is 1. The highest BCUT2D eigenvalue weighted by Crippen LogP contribution is 2.25. The largest absolute Gasteiger partial charge is 0.478 e. The second-order valence-electron chi connectivity index (χ2n) is 4.70. The molecule has 0 spiro atoms. The minimum atomic E-state index is -1.10. The van der Waals surface area contributed by atoms with E-state index in [1.54, 1.807) is 6.92 Å². The lowest BCUT2D eigenvalue weighted by Gasteiger charge is -2.23. The van der Waals surface area contributed by atoms with E-state index in [1.165, 1.54) is 0 Å². The first kappa shape index (κ1) is 12.4. The molecule has 1 N–H and O–H groups in total. The van der Waals surface area contributed by atoms with Gasteiger partial charge in [0.25, 0.3) is 0 Å². The summed E-state index contributed by atoms with van der Waals surface area (Å²) in [6.07, 6.45) is 2.74. The zero-order chi connectivity index (χ0) is 10.6. The van der Waals surface area contributed by atoms with Crippen molar-refractivity contribution in [2.75, 3.05) is 0 Å². The summed E-state index contributed by atoms with van der Waals surface area (Å²) < 4.78 is 0. The average molecular weight is 200 g/mol. The van der Waals surface area contributed by atoms with Crippen LogP contribution in [0.5, 0.6) is 0 Å². The summed E-state index contributed by atoms with van der Waals surface area (Å²) in [7, 11) is -1.10. The van der Waals surface area contributed by atoms with Gasteiger partial charge in [-0.2, -0.15) is 0 Å². The first-order chi connectivity index (χ1) is 5.75. The predicted octanol–water partition coefficient (Wildman–Crippen LogP) is 3.14. The fraction of sp³-hybridized carbons (Fsp3) is 0.700. The van der Waals surface area contributed by atoms with Crippen LogP contribution in [0.1, 0.15) is 20.3 Å². The molecule has 0 aliphatic carbocycles. The molecule has 0 rings (SSSR count). The lowest BCUT2D eigenvalue weighted by atomic mass is 10.2. The van der Waals surface area contributed by atoms with Gasteiger partial charge in [0.15, 0.2) is 0 Å². The first-order valence-corrected chi connectivity index (χ1v) is 8.23. The van der Waals surface area contributed by atoms with Gasteiger partial charge in [0.2, 0.25) is 0 Å². The lowest BCUT2D eigenvalue weighted by molar-refractivity contribution is -0.132. The molecule has 0 fully saturated rings. The van der Waals surface area contributed by atoms with Gasteiger partial charge in [0, 0.05) is 13.6 Å². The van der Waals surface area contributed by atoms with Gasteiger partial charge in [-0.05, 0) is 18.9 Å². The van der Waals surface area contributed by atoms with Crippen molar-refractivity contribution in [2.24, 2.45) is 0 Å². The maximum Gasteiger partial charge on any atom is 0.330 e. The molecule has 0 heterocycles. The summed E-state index contributed by atoms with van der Waals surface area (Å²) >= 11 is 0. The lowest BCUT2D eigenvalue weighted by Crippen LogP contribution is -2.25. The van der Waals surface area contributed by atoms with Gasteiger partial charge in [0.05, 0.1) is 0 Å². The minimum Gasteiger partial charge on any atom is -0.478 e. The molecule has 0 aliphatic heterocycles. The van der Waals surface area contributed by atoms with E-state index in [4.69, 9.17) is 5.11 Å². The minimum absolute atomic E-state index is 0.463. The second kappa shape index (κ2) is 4.60. The smallest absolute Gasteiger partial charge is 0.330 e. The van der Waals surface area contributed by atoms with Crippen LogP contribution in [0, 0.1) is 0 Å². The Morgan fingerprint density at radius 2 is 1.92 bits per heavy atom. The van der Waals surface area contributed by atoms with Crippen LogP contribution in [0.3, 0.4) is 0 Å². The molecule has 1 atom stereocenters. The molecule has 1 unspecified atom stereocenters. The van der Waals surface area contributed by atoms with Crippen LogP contribution >= 0.6 is 0 Å². The second-order valence-corrected chi connectivity index (χ2v) is 10.4. The molecule has 0 amide bonds. The van der Waals surface area contributed by atoms with Gasteiger partial charge in [-0.15, -0.1) is 0 Å². The summed E-state index contributed by atoms with van der Waals surface area (Å²) in [6, 6.07) is 0. The van der Waals surface area contributed by atoms with Crippen LogP contribution < -0.4 is 0 Å². The summed E-state index contributed by atoms with van der Waals surface area (Å²) in [5.41, 5.74) is 1.10. The van der Waals surface area contributed by atoms with Crippen molar-refractivity contribution in [3.63, 3.8) is 0 Å². The normalized spacial score (nSPS) is 15.6. The Labute approximate surface area is 81.7 Å². The van der Waals surface area contributed by atoms with E-state index in [0.29, 0.717) is 11.1 Å². The average Bonchev–Trinajstić information content (AvgIpc) is 1.97. The molecular formula is C10H20O2Si. The Kier molecular flexibility index (Phi) is 4.40. The van der Waals surface area contributed by atoms with Crippen LogP contribution in [-0.4, -0.2) is 19.1 Å². The third-order valence-corrected chi connectivity index (χ3v) is 5.79. The van der Waals surface area contributed by atoms with E-state index in [-0.39, 0.29) is 0 Å². The molecule has 0 aromatic heterocycles. The fourth-order valence-electron chi connectivity index (χ4n) is 0.794. The van der Waals surface area contributed by atoms with Gasteiger partial charge >= 0.3 is 5.97 Å². The molecule has 0 radical (unpaired) electrons. The van der Waals surface area contributed by atoms with Crippen LogP contribution in [-0.2, 0) is 4.79 Å². The van der Waals surface area contributed by atoms with Crippen molar-refractivity contribution >= 4 is 14.0 Å². The van der Waals surface area contributed by atoms with Crippen LogP contribution in [0.15, 0.2) is 11.6 Å². The topological polar surface area (TPSA) is 37.3 Å². The summed E-state index contributed by atoms with van der Waals surface area (Å²) in [6.45, 7) is 10.8. The molecule has 2 nitrogen and oxygen atoms in total. The van der Waals surface area contributed by atoms with Crippen molar-refractivity contribution in [3.8, 4) is 0 Å². The Morgan fingerprint density at radius 3 is 2.23 bits per heavy atom. The van der Waals surface area contributed by atoms with Gasteiger partial charge in [0.1, 0.15) is 0 Å². The number of carbonyl (C=O) groups is 1. The maximum absolute atomic E-state index is 10.5. The van der Waals surface area contributed by atoms with Crippen molar-refractivity contribution in [3.05, 3.63) is 11.6 Å². The molecule has 0 bridgehead atoms. The van der Waals surface area contributed by atoms with Gasteiger partial charge in [-0.1, -0.05) is 32.6 Å². The van der Waals surface area contributed by atoms with E-state index >= 15 is 0 Å².